The summed E-state index contributed by atoms with van der Waals surface area (Å²) in [7, 11) is 0. The molecule has 0 unspecified atom stereocenters. The van der Waals surface area contributed by atoms with Gasteiger partial charge in [-0.1, -0.05) is 37.7 Å². The summed E-state index contributed by atoms with van der Waals surface area (Å²) in [4.78, 5) is 41.1. The molecule has 8 nitrogen and oxygen atoms in total. The number of para-hydroxylation sites is 1. The van der Waals surface area contributed by atoms with Gasteiger partial charge in [0, 0.05) is 19.8 Å². The summed E-state index contributed by atoms with van der Waals surface area (Å²) in [5.41, 5.74) is 5.48. The summed E-state index contributed by atoms with van der Waals surface area (Å²) >= 11 is 1.16. The number of amides is 3. The predicted molar refractivity (Wildman–Crippen MR) is 109 cm³/mol. The second-order valence-corrected chi connectivity index (χ2v) is 7.66. The summed E-state index contributed by atoms with van der Waals surface area (Å²) in [6, 6.07) is 6.19. The lowest BCUT2D eigenvalue weighted by Crippen LogP contribution is -2.42. The number of nitrogens with zero attached hydrogens (tertiary/aromatic N) is 2. The van der Waals surface area contributed by atoms with Gasteiger partial charge in [0.05, 0.1) is 16.2 Å². The van der Waals surface area contributed by atoms with Gasteiger partial charge in [-0.15, -0.1) is 0 Å². The summed E-state index contributed by atoms with van der Waals surface area (Å²) in [5.74, 6) is -0.611. The number of aromatic nitrogens is 2. The van der Waals surface area contributed by atoms with Crippen LogP contribution in [0.15, 0.2) is 34.2 Å². The number of primary amides is 1. The highest BCUT2D eigenvalue weighted by atomic mass is 32.2. The molecule has 0 aliphatic rings. The number of imide groups is 1. The molecule has 0 fully saturated rings. The maximum atomic E-state index is 13.0. The number of rotatable bonds is 9. The van der Waals surface area contributed by atoms with Crippen molar-refractivity contribution in [1.29, 1.82) is 0 Å². The Kier molecular flexibility index (Phi) is 8.01. The SMILES string of the molecule is CCOCCCn1c(S[C@@H](C(=O)NC(N)=O)C(C)C)nc2ccccc2c1=O. The molecule has 1 aromatic carbocycles. The highest BCUT2D eigenvalue weighted by Gasteiger charge is 2.27. The van der Waals surface area contributed by atoms with Crippen LogP contribution >= 0.6 is 11.8 Å². The van der Waals surface area contributed by atoms with Gasteiger partial charge >= 0.3 is 6.03 Å². The first kappa shape index (κ1) is 21.9. The third kappa shape index (κ3) is 5.56. The molecule has 0 aliphatic heterocycles. The zero-order valence-electron chi connectivity index (χ0n) is 16.3. The van der Waals surface area contributed by atoms with E-state index in [-0.39, 0.29) is 11.5 Å². The number of carbonyl (C=O) groups is 2. The van der Waals surface area contributed by atoms with Crippen LogP contribution in [0.3, 0.4) is 0 Å². The summed E-state index contributed by atoms with van der Waals surface area (Å²) < 4.78 is 6.93. The first-order chi connectivity index (χ1) is 13.3. The number of fused-ring (bicyclic) bond motifs is 1. The summed E-state index contributed by atoms with van der Waals surface area (Å²) in [6.07, 6.45) is 0.640. The normalized spacial score (nSPS) is 12.3. The third-order valence-electron chi connectivity index (χ3n) is 4.04. The van der Waals surface area contributed by atoms with Crippen molar-refractivity contribution in [2.24, 2.45) is 11.7 Å². The van der Waals surface area contributed by atoms with Crippen LogP contribution in [-0.4, -0.2) is 40.0 Å². The molecule has 2 rings (SSSR count). The molecule has 0 aliphatic carbocycles. The molecule has 9 heteroatoms. The van der Waals surface area contributed by atoms with E-state index in [0.29, 0.717) is 42.2 Å². The molecule has 1 aromatic heterocycles. The van der Waals surface area contributed by atoms with Crippen molar-refractivity contribution in [1.82, 2.24) is 14.9 Å². The fourth-order valence-electron chi connectivity index (χ4n) is 2.70. The molecule has 0 saturated carbocycles. The van der Waals surface area contributed by atoms with Crippen LogP contribution in [0.25, 0.3) is 10.9 Å². The molecule has 2 aromatic rings. The number of carbonyl (C=O) groups excluding carboxylic acids is 2. The number of ether oxygens (including phenoxy) is 1. The molecular weight excluding hydrogens is 380 g/mol. The van der Waals surface area contributed by atoms with Crippen molar-refractivity contribution in [3.8, 4) is 0 Å². The fraction of sp³-hybridized carbons (Fsp3) is 0.474. The van der Waals surface area contributed by atoms with Gasteiger partial charge in [0.25, 0.3) is 5.56 Å². The first-order valence-corrected chi connectivity index (χ1v) is 10.1. The Morgan fingerprint density at radius 3 is 2.68 bits per heavy atom. The van der Waals surface area contributed by atoms with E-state index >= 15 is 0 Å². The fourth-order valence-corrected chi connectivity index (χ4v) is 3.82. The number of benzene rings is 1. The second-order valence-electron chi connectivity index (χ2n) is 6.55. The van der Waals surface area contributed by atoms with Gasteiger partial charge in [-0.3, -0.25) is 19.5 Å². The molecule has 28 heavy (non-hydrogen) atoms. The first-order valence-electron chi connectivity index (χ1n) is 9.19. The molecule has 0 bridgehead atoms. The molecule has 1 atom stereocenters. The standard InChI is InChI=1S/C19H26N4O4S/c1-4-27-11-7-10-23-17(25)13-8-5-6-9-14(13)21-19(23)28-15(12(2)3)16(24)22-18(20)26/h5-6,8-9,12,15H,4,7,10-11H2,1-3H3,(H3,20,22,24,26)/t15-/m1/s1. The number of hydrogen-bond donors (Lipinski definition) is 2. The number of urea groups is 1. The minimum Gasteiger partial charge on any atom is -0.382 e. The van der Waals surface area contributed by atoms with E-state index in [9.17, 15) is 14.4 Å². The minimum absolute atomic E-state index is 0.107. The molecule has 0 saturated heterocycles. The lowest BCUT2D eigenvalue weighted by Gasteiger charge is -2.21. The topological polar surface area (TPSA) is 116 Å². The quantitative estimate of drug-likeness (QED) is 0.374. The van der Waals surface area contributed by atoms with Crippen LogP contribution in [0.5, 0.6) is 0 Å². The van der Waals surface area contributed by atoms with Crippen molar-refractivity contribution in [3.05, 3.63) is 34.6 Å². The highest BCUT2D eigenvalue weighted by Crippen LogP contribution is 2.27. The smallest absolute Gasteiger partial charge is 0.318 e. The van der Waals surface area contributed by atoms with E-state index in [1.165, 1.54) is 0 Å². The van der Waals surface area contributed by atoms with Crippen LogP contribution < -0.4 is 16.6 Å². The average molecular weight is 407 g/mol. The van der Waals surface area contributed by atoms with E-state index < -0.39 is 17.2 Å². The molecule has 3 N–H and O–H groups in total. The van der Waals surface area contributed by atoms with Gasteiger partial charge in [-0.05, 0) is 31.4 Å². The second kappa shape index (κ2) is 10.2. The number of nitrogens with one attached hydrogen (secondary N) is 1. The summed E-state index contributed by atoms with van der Waals surface area (Å²) in [5, 5.41) is 2.44. The lowest BCUT2D eigenvalue weighted by atomic mass is 10.1. The Morgan fingerprint density at radius 2 is 2.04 bits per heavy atom. The lowest BCUT2D eigenvalue weighted by molar-refractivity contribution is -0.120. The Balaban J connectivity index is 2.42. The zero-order valence-corrected chi connectivity index (χ0v) is 17.1. The van der Waals surface area contributed by atoms with Gasteiger partial charge in [0.15, 0.2) is 5.16 Å². The van der Waals surface area contributed by atoms with Crippen LogP contribution in [0.2, 0.25) is 0 Å². The van der Waals surface area contributed by atoms with Crippen molar-refractivity contribution in [2.75, 3.05) is 13.2 Å². The molecule has 3 amide bonds. The van der Waals surface area contributed by atoms with Crippen LogP contribution in [-0.2, 0) is 16.1 Å². The van der Waals surface area contributed by atoms with E-state index in [2.05, 4.69) is 10.3 Å². The van der Waals surface area contributed by atoms with Crippen molar-refractivity contribution >= 4 is 34.6 Å². The Labute approximate surface area is 167 Å². The monoisotopic (exact) mass is 406 g/mol. The van der Waals surface area contributed by atoms with Gasteiger partial charge in [-0.2, -0.15) is 0 Å². The van der Waals surface area contributed by atoms with Gasteiger partial charge in [0.1, 0.15) is 0 Å². The van der Waals surface area contributed by atoms with Crippen LogP contribution in [0, 0.1) is 5.92 Å². The number of thioether (sulfide) groups is 1. The highest BCUT2D eigenvalue weighted by molar-refractivity contribution is 8.00. The van der Waals surface area contributed by atoms with Gasteiger partial charge in [0.2, 0.25) is 5.91 Å². The predicted octanol–water partition coefficient (Wildman–Crippen LogP) is 2.13. The third-order valence-corrected chi connectivity index (χ3v) is 5.58. The Hall–Kier alpha value is -2.39. The van der Waals surface area contributed by atoms with E-state index in [1.54, 1.807) is 22.8 Å². The molecular formula is C19H26N4O4S. The Morgan fingerprint density at radius 1 is 1.32 bits per heavy atom. The zero-order chi connectivity index (χ0) is 20.7. The van der Waals surface area contributed by atoms with Crippen LogP contribution in [0.4, 0.5) is 4.79 Å². The van der Waals surface area contributed by atoms with E-state index in [1.807, 2.05) is 26.8 Å². The van der Waals surface area contributed by atoms with Crippen molar-refractivity contribution in [2.45, 2.75) is 44.1 Å². The minimum atomic E-state index is -0.906. The van der Waals surface area contributed by atoms with Crippen LogP contribution in [0.1, 0.15) is 27.2 Å². The van der Waals surface area contributed by atoms with Crippen molar-refractivity contribution < 1.29 is 14.3 Å². The maximum absolute atomic E-state index is 13.0. The molecule has 1 heterocycles. The molecule has 0 spiro atoms. The number of hydrogen-bond acceptors (Lipinski definition) is 6. The summed E-state index contributed by atoms with van der Waals surface area (Å²) in [6.45, 7) is 7.18. The number of nitrogens with two attached hydrogens (primary N) is 1. The average Bonchev–Trinajstić information content (AvgIpc) is 2.64. The maximum Gasteiger partial charge on any atom is 0.318 e. The Bertz CT molecular complexity index is 897. The largest absolute Gasteiger partial charge is 0.382 e. The van der Waals surface area contributed by atoms with Gasteiger partial charge in [-0.25, -0.2) is 9.78 Å². The van der Waals surface area contributed by atoms with E-state index in [4.69, 9.17) is 10.5 Å². The van der Waals surface area contributed by atoms with E-state index in [0.717, 1.165) is 11.8 Å². The molecule has 152 valence electrons. The van der Waals surface area contributed by atoms with Gasteiger partial charge < -0.3 is 10.5 Å². The van der Waals surface area contributed by atoms with Crippen molar-refractivity contribution in [3.63, 3.8) is 0 Å². The molecule has 0 radical (unpaired) electrons.